The number of aliphatic hydroxyl groups excluding tert-OH is 1. The molecule has 0 aromatic carbocycles. The molecule has 0 bridgehead atoms. The molecule has 3 aromatic heterocycles. The van der Waals surface area contributed by atoms with Gasteiger partial charge in [-0.25, -0.2) is 15.0 Å². The van der Waals surface area contributed by atoms with Crippen LogP contribution in [0.3, 0.4) is 0 Å². The van der Waals surface area contributed by atoms with Gasteiger partial charge in [0, 0.05) is 50.1 Å². The quantitative estimate of drug-likeness (QED) is 0.748. The van der Waals surface area contributed by atoms with Crippen LogP contribution in [0.4, 0.5) is 0 Å². The van der Waals surface area contributed by atoms with E-state index < -0.39 is 6.10 Å². The number of imidazole rings is 1. The Bertz CT molecular complexity index is 856. The van der Waals surface area contributed by atoms with Crippen molar-refractivity contribution in [3.05, 3.63) is 60.6 Å². The van der Waals surface area contributed by atoms with Crippen LogP contribution in [-0.4, -0.2) is 47.6 Å². The summed E-state index contributed by atoms with van der Waals surface area (Å²) in [6.07, 6.45) is 10.5. The van der Waals surface area contributed by atoms with Gasteiger partial charge in [0.25, 0.3) is 0 Å². The van der Waals surface area contributed by atoms with E-state index in [2.05, 4.69) is 24.8 Å². The minimum atomic E-state index is -0.492. The summed E-state index contributed by atoms with van der Waals surface area (Å²) in [4.78, 5) is 19.9. The normalized spacial score (nSPS) is 17.1. The van der Waals surface area contributed by atoms with Gasteiger partial charge in [0.15, 0.2) is 5.82 Å². The summed E-state index contributed by atoms with van der Waals surface area (Å²) in [5, 5.41) is 10.6. The molecule has 1 saturated heterocycles. The van der Waals surface area contributed by atoms with E-state index in [-0.39, 0.29) is 5.92 Å². The zero-order valence-corrected chi connectivity index (χ0v) is 15.4. The molecule has 0 radical (unpaired) electrons. The van der Waals surface area contributed by atoms with Crippen LogP contribution in [0.2, 0.25) is 0 Å². The van der Waals surface area contributed by atoms with Crippen molar-refractivity contribution >= 4 is 0 Å². The molecule has 3 aromatic rings. The summed E-state index contributed by atoms with van der Waals surface area (Å²) in [6, 6.07) is 5.72. The molecule has 0 unspecified atom stereocenters. The number of likely N-dealkylation sites (tertiary alicyclic amines) is 1. The van der Waals surface area contributed by atoms with E-state index in [1.807, 2.05) is 48.4 Å². The van der Waals surface area contributed by atoms with E-state index in [0.717, 1.165) is 49.6 Å². The summed E-state index contributed by atoms with van der Waals surface area (Å²) in [6.45, 7) is 2.73. The highest BCUT2D eigenvalue weighted by molar-refractivity contribution is 5.47. The number of aromatic nitrogens is 5. The highest BCUT2D eigenvalue weighted by atomic mass is 16.3. The van der Waals surface area contributed by atoms with Gasteiger partial charge in [0.2, 0.25) is 0 Å². The van der Waals surface area contributed by atoms with Crippen LogP contribution in [0.5, 0.6) is 0 Å². The van der Waals surface area contributed by atoms with E-state index >= 15 is 0 Å². The number of rotatable bonds is 5. The summed E-state index contributed by atoms with van der Waals surface area (Å²) in [5.74, 6) is 1.66. The first-order valence-corrected chi connectivity index (χ1v) is 9.30. The Morgan fingerprint density at radius 3 is 2.48 bits per heavy atom. The lowest BCUT2D eigenvalue weighted by atomic mass is 9.90. The standard InChI is InChI=1S/C20H24N6O/c1-25-11-8-22-20(25)18(27)16-5-9-26(10-6-16)14-15-12-23-19(24-13-15)17-4-2-3-7-21-17/h2-4,7-8,11-13,16,18,27H,5-6,9-10,14H2,1H3/t18-/m0/s1. The average Bonchev–Trinajstić information content (AvgIpc) is 3.15. The number of piperidine rings is 1. The number of hydrogen-bond donors (Lipinski definition) is 1. The molecule has 1 fully saturated rings. The van der Waals surface area contributed by atoms with Crippen molar-refractivity contribution in [3.8, 4) is 11.5 Å². The van der Waals surface area contributed by atoms with Gasteiger partial charge in [-0.1, -0.05) is 6.07 Å². The van der Waals surface area contributed by atoms with Gasteiger partial charge < -0.3 is 9.67 Å². The van der Waals surface area contributed by atoms with Gasteiger partial charge >= 0.3 is 0 Å². The summed E-state index contributed by atoms with van der Waals surface area (Å²) in [5.41, 5.74) is 1.88. The van der Waals surface area contributed by atoms with E-state index in [1.165, 1.54) is 0 Å². The molecule has 1 atom stereocenters. The van der Waals surface area contributed by atoms with Crippen LogP contribution >= 0.6 is 0 Å². The van der Waals surface area contributed by atoms with Gasteiger partial charge in [-0.05, 0) is 44.0 Å². The van der Waals surface area contributed by atoms with Crippen molar-refractivity contribution in [1.82, 2.24) is 29.4 Å². The van der Waals surface area contributed by atoms with E-state index in [0.29, 0.717) is 5.82 Å². The second kappa shape index (κ2) is 7.94. The van der Waals surface area contributed by atoms with Gasteiger partial charge in [-0.3, -0.25) is 9.88 Å². The first-order valence-electron chi connectivity index (χ1n) is 9.30. The minimum Gasteiger partial charge on any atom is -0.385 e. The van der Waals surface area contributed by atoms with Crippen LogP contribution < -0.4 is 0 Å². The number of pyridine rings is 1. The third-order valence-corrected chi connectivity index (χ3v) is 5.21. The molecular formula is C20H24N6O. The van der Waals surface area contributed by atoms with Gasteiger partial charge in [-0.2, -0.15) is 0 Å². The maximum atomic E-state index is 10.6. The number of aryl methyl sites for hydroxylation is 1. The molecular weight excluding hydrogens is 340 g/mol. The molecule has 0 spiro atoms. The Morgan fingerprint density at radius 1 is 1.07 bits per heavy atom. The third kappa shape index (κ3) is 4.04. The lowest BCUT2D eigenvalue weighted by Gasteiger charge is -2.33. The van der Waals surface area contributed by atoms with Gasteiger partial charge in [0.1, 0.15) is 17.6 Å². The predicted octanol–water partition coefficient (Wildman–Crippen LogP) is 2.22. The number of nitrogens with zero attached hydrogens (tertiary/aromatic N) is 6. The fourth-order valence-corrected chi connectivity index (χ4v) is 3.62. The molecule has 1 aliphatic rings. The number of aliphatic hydroxyl groups is 1. The second-order valence-corrected chi connectivity index (χ2v) is 7.08. The highest BCUT2D eigenvalue weighted by Crippen LogP contribution is 2.30. The molecule has 0 aliphatic carbocycles. The first-order chi connectivity index (χ1) is 13.2. The second-order valence-electron chi connectivity index (χ2n) is 7.08. The Labute approximate surface area is 158 Å². The molecule has 1 N–H and O–H groups in total. The maximum absolute atomic E-state index is 10.6. The molecule has 7 nitrogen and oxygen atoms in total. The topological polar surface area (TPSA) is 80.0 Å². The summed E-state index contributed by atoms with van der Waals surface area (Å²) in [7, 11) is 1.93. The Balaban J connectivity index is 1.32. The smallest absolute Gasteiger partial charge is 0.178 e. The summed E-state index contributed by atoms with van der Waals surface area (Å²) >= 11 is 0. The lowest BCUT2D eigenvalue weighted by Crippen LogP contribution is -2.35. The van der Waals surface area contributed by atoms with Crippen LogP contribution in [0.25, 0.3) is 11.5 Å². The molecule has 7 heteroatoms. The first kappa shape index (κ1) is 17.8. The minimum absolute atomic E-state index is 0.255. The van der Waals surface area contributed by atoms with Gasteiger partial charge in [0.05, 0.1) is 0 Å². The molecule has 27 heavy (non-hydrogen) atoms. The van der Waals surface area contributed by atoms with Crippen LogP contribution in [-0.2, 0) is 13.6 Å². The molecule has 4 heterocycles. The molecule has 0 saturated carbocycles. The summed E-state index contributed by atoms with van der Waals surface area (Å²) < 4.78 is 1.90. The van der Waals surface area contributed by atoms with Crippen molar-refractivity contribution in [1.29, 1.82) is 0 Å². The molecule has 140 valence electrons. The third-order valence-electron chi connectivity index (χ3n) is 5.21. The Morgan fingerprint density at radius 2 is 1.85 bits per heavy atom. The molecule has 1 aliphatic heterocycles. The largest absolute Gasteiger partial charge is 0.385 e. The molecule has 4 rings (SSSR count). The SMILES string of the molecule is Cn1ccnc1[C@@H](O)C1CCN(Cc2cnc(-c3ccccn3)nc2)CC1. The van der Waals surface area contributed by atoms with E-state index in [9.17, 15) is 5.11 Å². The van der Waals surface area contributed by atoms with Crippen molar-refractivity contribution < 1.29 is 5.11 Å². The molecule has 0 amide bonds. The Kier molecular flexibility index (Phi) is 5.22. The maximum Gasteiger partial charge on any atom is 0.178 e. The van der Waals surface area contributed by atoms with Gasteiger partial charge in [-0.15, -0.1) is 0 Å². The zero-order valence-electron chi connectivity index (χ0n) is 15.4. The van der Waals surface area contributed by atoms with Crippen molar-refractivity contribution in [2.24, 2.45) is 13.0 Å². The van der Waals surface area contributed by atoms with Crippen LogP contribution in [0.1, 0.15) is 30.3 Å². The van der Waals surface area contributed by atoms with Crippen molar-refractivity contribution in [2.75, 3.05) is 13.1 Å². The predicted molar refractivity (Wildman–Crippen MR) is 101 cm³/mol. The zero-order chi connectivity index (χ0) is 18.6. The fraction of sp³-hybridized carbons (Fsp3) is 0.400. The van der Waals surface area contributed by atoms with E-state index in [1.54, 1.807) is 12.4 Å². The monoisotopic (exact) mass is 364 g/mol. The highest BCUT2D eigenvalue weighted by Gasteiger charge is 2.28. The van der Waals surface area contributed by atoms with Crippen molar-refractivity contribution in [3.63, 3.8) is 0 Å². The van der Waals surface area contributed by atoms with Crippen LogP contribution in [0, 0.1) is 5.92 Å². The lowest BCUT2D eigenvalue weighted by molar-refractivity contribution is 0.0491. The van der Waals surface area contributed by atoms with Crippen LogP contribution in [0.15, 0.2) is 49.2 Å². The Hall–Kier alpha value is -2.64. The van der Waals surface area contributed by atoms with Crippen molar-refractivity contribution in [2.45, 2.75) is 25.5 Å². The number of hydrogen-bond acceptors (Lipinski definition) is 6. The fourth-order valence-electron chi connectivity index (χ4n) is 3.62. The average molecular weight is 364 g/mol. The van der Waals surface area contributed by atoms with E-state index in [4.69, 9.17) is 0 Å².